The molecule has 26 heavy (non-hydrogen) atoms. The Hall–Kier alpha value is -2.79. The first-order valence-corrected chi connectivity index (χ1v) is 8.82. The molecule has 3 N–H and O–H groups in total. The van der Waals surface area contributed by atoms with Crippen molar-refractivity contribution >= 4 is 22.6 Å². The van der Waals surface area contributed by atoms with Gasteiger partial charge in [0.2, 0.25) is 5.91 Å². The third-order valence-corrected chi connectivity index (χ3v) is 4.21. The van der Waals surface area contributed by atoms with E-state index in [1.54, 1.807) is 6.20 Å². The molecule has 0 bridgehead atoms. The summed E-state index contributed by atoms with van der Waals surface area (Å²) in [7, 11) is 0. The highest BCUT2D eigenvalue weighted by molar-refractivity contribution is 5.89. The summed E-state index contributed by atoms with van der Waals surface area (Å²) in [5.74, 6) is 0.945. The second kappa shape index (κ2) is 7.62. The second-order valence-corrected chi connectivity index (χ2v) is 6.99. The smallest absolute Gasteiger partial charge is 0.222 e. The van der Waals surface area contributed by atoms with Crippen LogP contribution in [-0.2, 0) is 4.79 Å². The standard InChI is InChI=1S/C21H24N4O/c1-13(2)10-18(22)20-7-5-17-11-15(4-6-19(17)25-20)16-8-9-23-21(12-16)24-14(3)26/h4-9,11-13,18H,10,22H2,1-3H3,(H,23,24,26). The van der Waals surface area contributed by atoms with Gasteiger partial charge >= 0.3 is 0 Å². The minimum absolute atomic E-state index is 0.0421. The van der Waals surface area contributed by atoms with Gasteiger partial charge in [0.05, 0.1) is 11.2 Å². The number of nitrogens with two attached hydrogens (primary N) is 1. The summed E-state index contributed by atoms with van der Waals surface area (Å²) >= 11 is 0. The molecule has 0 saturated heterocycles. The van der Waals surface area contributed by atoms with Crippen LogP contribution in [0.4, 0.5) is 5.82 Å². The number of fused-ring (bicyclic) bond motifs is 1. The maximum Gasteiger partial charge on any atom is 0.222 e. The second-order valence-electron chi connectivity index (χ2n) is 6.99. The summed E-state index contributed by atoms with van der Waals surface area (Å²) in [4.78, 5) is 20.1. The summed E-state index contributed by atoms with van der Waals surface area (Å²) in [6.45, 7) is 5.80. The average Bonchev–Trinajstić information content (AvgIpc) is 2.60. The van der Waals surface area contributed by atoms with Crippen molar-refractivity contribution in [2.75, 3.05) is 5.32 Å². The van der Waals surface area contributed by atoms with Crippen molar-refractivity contribution in [2.45, 2.75) is 33.2 Å². The number of nitrogens with one attached hydrogen (secondary N) is 1. The molecule has 0 spiro atoms. The number of benzene rings is 1. The Morgan fingerprint density at radius 1 is 1.12 bits per heavy atom. The molecule has 1 unspecified atom stereocenters. The fourth-order valence-electron chi connectivity index (χ4n) is 3.01. The van der Waals surface area contributed by atoms with Gasteiger partial charge in [-0.05, 0) is 53.8 Å². The van der Waals surface area contributed by atoms with E-state index in [0.717, 1.165) is 34.1 Å². The zero-order valence-corrected chi connectivity index (χ0v) is 15.4. The van der Waals surface area contributed by atoms with Gasteiger partial charge in [0.25, 0.3) is 0 Å². The van der Waals surface area contributed by atoms with Gasteiger partial charge in [-0.1, -0.05) is 26.0 Å². The van der Waals surface area contributed by atoms with E-state index in [9.17, 15) is 4.79 Å². The summed E-state index contributed by atoms with van der Waals surface area (Å²) in [5, 5.41) is 3.77. The topological polar surface area (TPSA) is 80.9 Å². The highest BCUT2D eigenvalue weighted by Gasteiger charge is 2.11. The number of aromatic nitrogens is 2. The molecule has 0 aliphatic heterocycles. The molecular formula is C21H24N4O. The molecule has 3 rings (SSSR count). The van der Waals surface area contributed by atoms with Crippen molar-refractivity contribution in [1.82, 2.24) is 9.97 Å². The average molecular weight is 348 g/mol. The fraction of sp³-hybridized carbons (Fsp3) is 0.286. The highest BCUT2D eigenvalue weighted by Crippen LogP contribution is 2.26. The van der Waals surface area contributed by atoms with E-state index in [-0.39, 0.29) is 11.9 Å². The van der Waals surface area contributed by atoms with E-state index in [0.29, 0.717) is 11.7 Å². The van der Waals surface area contributed by atoms with Crippen LogP contribution in [0.1, 0.15) is 38.9 Å². The zero-order valence-electron chi connectivity index (χ0n) is 15.4. The molecule has 1 amide bonds. The Kier molecular flexibility index (Phi) is 5.28. The number of anilines is 1. The normalized spacial score (nSPS) is 12.3. The van der Waals surface area contributed by atoms with E-state index in [4.69, 9.17) is 10.7 Å². The third kappa shape index (κ3) is 4.24. The van der Waals surface area contributed by atoms with Gasteiger partial charge in [0, 0.05) is 24.5 Å². The van der Waals surface area contributed by atoms with Gasteiger partial charge in [-0.2, -0.15) is 0 Å². The van der Waals surface area contributed by atoms with Gasteiger partial charge in [-0.3, -0.25) is 9.78 Å². The molecule has 0 saturated carbocycles. The summed E-state index contributed by atoms with van der Waals surface area (Å²) in [6, 6.07) is 13.9. The van der Waals surface area contributed by atoms with Crippen LogP contribution in [-0.4, -0.2) is 15.9 Å². The van der Waals surface area contributed by atoms with Crippen LogP contribution in [0, 0.1) is 5.92 Å². The van der Waals surface area contributed by atoms with Crippen LogP contribution >= 0.6 is 0 Å². The fourth-order valence-corrected chi connectivity index (χ4v) is 3.01. The highest BCUT2D eigenvalue weighted by atomic mass is 16.1. The van der Waals surface area contributed by atoms with E-state index < -0.39 is 0 Å². The Balaban J connectivity index is 1.91. The van der Waals surface area contributed by atoms with Crippen molar-refractivity contribution in [2.24, 2.45) is 11.7 Å². The summed E-state index contributed by atoms with van der Waals surface area (Å²) in [6.07, 6.45) is 2.61. The number of hydrogen-bond acceptors (Lipinski definition) is 4. The van der Waals surface area contributed by atoms with Crippen LogP contribution in [0.5, 0.6) is 0 Å². The summed E-state index contributed by atoms with van der Waals surface area (Å²) < 4.78 is 0. The lowest BCUT2D eigenvalue weighted by Crippen LogP contribution is -2.14. The number of carbonyl (C=O) groups is 1. The van der Waals surface area contributed by atoms with Gasteiger partial charge in [0.15, 0.2) is 0 Å². The molecule has 5 nitrogen and oxygen atoms in total. The number of amides is 1. The predicted molar refractivity (Wildman–Crippen MR) is 106 cm³/mol. The SMILES string of the molecule is CC(=O)Nc1cc(-c2ccc3nc(C(N)CC(C)C)ccc3c2)ccn1. The monoisotopic (exact) mass is 348 g/mol. The molecule has 0 aliphatic rings. The van der Waals surface area contributed by atoms with Gasteiger partial charge in [-0.15, -0.1) is 0 Å². The minimum Gasteiger partial charge on any atom is -0.323 e. The van der Waals surface area contributed by atoms with Gasteiger partial charge in [0.1, 0.15) is 5.82 Å². The van der Waals surface area contributed by atoms with Crippen molar-refractivity contribution in [1.29, 1.82) is 0 Å². The first-order valence-electron chi connectivity index (χ1n) is 8.82. The Morgan fingerprint density at radius 3 is 2.62 bits per heavy atom. The van der Waals surface area contributed by atoms with Crippen molar-refractivity contribution < 1.29 is 4.79 Å². The number of carbonyl (C=O) groups excluding carboxylic acids is 1. The van der Waals surface area contributed by atoms with Crippen LogP contribution in [0.2, 0.25) is 0 Å². The van der Waals surface area contributed by atoms with Crippen molar-refractivity contribution in [3.05, 3.63) is 54.4 Å². The molecular weight excluding hydrogens is 324 g/mol. The largest absolute Gasteiger partial charge is 0.323 e. The van der Waals surface area contributed by atoms with E-state index >= 15 is 0 Å². The lowest BCUT2D eigenvalue weighted by Gasteiger charge is -2.14. The number of pyridine rings is 2. The van der Waals surface area contributed by atoms with Crippen molar-refractivity contribution in [3.8, 4) is 11.1 Å². The van der Waals surface area contributed by atoms with E-state index in [1.807, 2.05) is 30.3 Å². The maximum absolute atomic E-state index is 11.2. The molecule has 1 aromatic carbocycles. The first-order chi connectivity index (χ1) is 12.4. The van der Waals surface area contributed by atoms with E-state index in [1.165, 1.54) is 6.92 Å². The molecule has 0 radical (unpaired) electrons. The van der Waals surface area contributed by atoms with Crippen LogP contribution in [0.15, 0.2) is 48.7 Å². The number of rotatable bonds is 5. The predicted octanol–water partition coefficient (Wildman–Crippen LogP) is 4.30. The van der Waals surface area contributed by atoms with Gasteiger partial charge in [-0.25, -0.2) is 4.98 Å². The minimum atomic E-state index is -0.136. The molecule has 3 aromatic rings. The molecule has 0 aliphatic carbocycles. The summed E-state index contributed by atoms with van der Waals surface area (Å²) in [5.41, 5.74) is 10.2. The Bertz CT molecular complexity index is 936. The number of nitrogens with zero attached hydrogens (tertiary/aromatic N) is 2. The van der Waals surface area contributed by atoms with Crippen LogP contribution < -0.4 is 11.1 Å². The van der Waals surface area contributed by atoms with E-state index in [2.05, 4.69) is 36.3 Å². The maximum atomic E-state index is 11.2. The first kappa shape index (κ1) is 18.0. The number of hydrogen-bond donors (Lipinski definition) is 2. The molecule has 2 aromatic heterocycles. The Morgan fingerprint density at radius 2 is 1.88 bits per heavy atom. The molecule has 134 valence electrons. The zero-order chi connectivity index (χ0) is 18.7. The molecule has 0 fully saturated rings. The van der Waals surface area contributed by atoms with Gasteiger partial charge < -0.3 is 11.1 Å². The van der Waals surface area contributed by atoms with Crippen LogP contribution in [0.25, 0.3) is 22.0 Å². The van der Waals surface area contributed by atoms with Crippen LogP contribution in [0.3, 0.4) is 0 Å². The quantitative estimate of drug-likeness (QED) is 0.720. The molecule has 2 heterocycles. The molecule has 1 atom stereocenters. The third-order valence-electron chi connectivity index (χ3n) is 4.21. The lowest BCUT2D eigenvalue weighted by molar-refractivity contribution is -0.114. The van der Waals surface area contributed by atoms with Crippen molar-refractivity contribution in [3.63, 3.8) is 0 Å². The Labute approximate surface area is 153 Å². The lowest BCUT2D eigenvalue weighted by atomic mass is 10.00. The molecule has 5 heteroatoms.